The largest absolute Gasteiger partial charge is 0.395 e. The van der Waals surface area contributed by atoms with Crippen molar-refractivity contribution in [3.8, 4) is 5.69 Å². The van der Waals surface area contributed by atoms with Crippen LogP contribution in [-0.2, 0) is 10.0 Å². The summed E-state index contributed by atoms with van der Waals surface area (Å²) in [6.45, 7) is 1.37. The number of aryl methyl sites for hydroxylation is 1. The highest BCUT2D eigenvalue weighted by Crippen LogP contribution is 2.18. The summed E-state index contributed by atoms with van der Waals surface area (Å²) in [7, 11) is -3.82. The minimum Gasteiger partial charge on any atom is -0.395 e. The van der Waals surface area contributed by atoms with Gasteiger partial charge in [0.1, 0.15) is 11.5 Å². The summed E-state index contributed by atoms with van der Waals surface area (Å²) in [5.74, 6) is -0.694. The second kappa shape index (κ2) is 5.70. The summed E-state index contributed by atoms with van der Waals surface area (Å²) in [6.07, 6.45) is 3.21. The van der Waals surface area contributed by atoms with Crippen molar-refractivity contribution in [2.75, 3.05) is 13.2 Å². The summed E-state index contributed by atoms with van der Waals surface area (Å²) in [6, 6.07) is 3.55. The third-order valence-electron chi connectivity index (χ3n) is 2.59. The molecule has 0 aliphatic rings. The maximum atomic E-state index is 14.0. The second-order valence-electron chi connectivity index (χ2n) is 4.20. The Labute approximate surface area is 115 Å². The Bertz CT molecular complexity index is 712. The van der Waals surface area contributed by atoms with Crippen LogP contribution in [0.25, 0.3) is 5.69 Å². The molecule has 1 heterocycles. The Morgan fingerprint density at radius 1 is 1.45 bits per heavy atom. The molecular formula is C12H14FN3O3S. The first-order valence-corrected chi connectivity index (χ1v) is 7.34. The summed E-state index contributed by atoms with van der Waals surface area (Å²) in [5, 5.41) is 12.6. The first-order chi connectivity index (χ1) is 9.44. The topological polar surface area (TPSA) is 84.2 Å². The lowest BCUT2D eigenvalue weighted by Crippen LogP contribution is -2.26. The number of hydrogen-bond donors (Lipinski definition) is 2. The maximum absolute atomic E-state index is 14.0. The van der Waals surface area contributed by atoms with E-state index in [1.54, 1.807) is 12.4 Å². The van der Waals surface area contributed by atoms with Gasteiger partial charge in [-0.05, 0) is 30.7 Å². The highest BCUT2D eigenvalue weighted by Gasteiger charge is 2.16. The molecule has 20 heavy (non-hydrogen) atoms. The SMILES string of the molecule is Cc1cnn(-c2ccc(S(=O)(=O)NCCO)cc2F)c1. The number of aromatic nitrogens is 2. The fraction of sp³-hybridized carbons (Fsp3) is 0.250. The number of benzene rings is 1. The molecule has 108 valence electrons. The van der Waals surface area contributed by atoms with Gasteiger partial charge in [-0.2, -0.15) is 5.10 Å². The van der Waals surface area contributed by atoms with Gasteiger partial charge in [-0.25, -0.2) is 22.2 Å². The van der Waals surface area contributed by atoms with E-state index in [2.05, 4.69) is 9.82 Å². The van der Waals surface area contributed by atoms with Crippen molar-refractivity contribution in [1.29, 1.82) is 0 Å². The van der Waals surface area contributed by atoms with Crippen molar-refractivity contribution in [3.63, 3.8) is 0 Å². The van der Waals surface area contributed by atoms with E-state index in [4.69, 9.17) is 5.11 Å². The van der Waals surface area contributed by atoms with Gasteiger partial charge in [-0.15, -0.1) is 0 Å². The Hall–Kier alpha value is -1.77. The standard InChI is InChI=1S/C12H14FN3O3S/c1-9-7-14-16(8-9)12-3-2-10(6-11(12)13)20(18,19)15-4-5-17/h2-3,6-8,15,17H,4-5H2,1H3. The van der Waals surface area contributed by atoms with Crippen LogP contribution in [0.15, 0.2) is 35.5 Å². The highest BCUT2D eigenvalue weighted by molar-refractivity contribution is 7.89. The summed E-state index contributed by atoms with van der Waals surface area (Å²) in [5.41, 5.74) is 1.03. The fourth-order valence-electron chi connectivity index (χ4n) is 1.65. The van der Waals surface area contributed by atoms with Crippen molar-refractivity contribution in [2.24, 2.45) is 0 Å². The van der Waals surface area contributed by atoms with Crippen molar-refractivity contribution in [3.05, 3.63) is 42.0 Å². The third-order valence-corrected chi connectivity index (χ3v) is 4.05. The Kier molecular flexibility index (Phi) is 4.17. The molecule has 0 radical (unpaired) electrons. The Morgan fingerprint density at radius 2 is 2.20 bits per heavy atom. The van der Waals surface area contributed by atoms with E-state index in [0.717, 1.165) is 11.6 Å². The monoisotopic (exact) mass is 299 g/mol. The van der Waals surface area contributed by atoms with Crippen LogP contribution in [-0.4, -0.2) is 36.5 Å². The predicted molar refractivity (Wildman–Crippen MR) is 70.5 cm³/mol. The van der Waals surface area contributed by atoms with Gasteiger partial charge in [0, 0.05) is 12.7 Å². The van der Waals surface area contributed by atoms with Gasteiger partial charge >= 0.3 is 0 Å². The first kappa shape index (κ1) is 14.6. The zero-order valence-electron chi connectivity index (χ0n) is 10.7. The van der Waals surface area contributed by atoms with Crippen LogP contribution in [0.5, 0.6) is 0 Å². The van der Waals surface area contributed by atoms with Crippen LogP contribution in [0.3, 0.4) is 0 Å². The second-order valence-corrected chi connectivity index (χ2v) is 5.96. The number of hydrogen-bond acceptors (Lipinski definition) is 4. The molecule has 2 rings (SSSR count). The molecule has 6 nitrogen and oxygen atoms in total. The van der Waals surface area contributed by atoms with E-state index in [1.165, 1.54) is 16.8 Å². The molecule has 2 N–H and O–H groups in total. The normalized spacial score (nSPS) is 11.8. The number of nitrogens with one attached hydrogen (secondary N) is 1. The van der Waals surface area contributed by atoms with Gasteiger partial charge in [-0.3, -0.25) is 0 Å². The lowest BCUT2D eigenvalue weighted by molar-refractivity contribution is 0.301. The van der Waals surface area contributed by atoms with Gasteiger partial charge in [0.2, 0.25) is 10.0 Å². The molecule has 0 atom stereocenters. The quantitative estimate of drug-likeness (QED) is 0.846. The molecule has 0 aliphatic carbocycles. The van der Waals surface area contributed by atoms with Crippen LogP contribution in [0.1, 0.15) is 5.56 Å². The van der Waals surface area contributed by atoms with Crippen molar-refractivity contribution in [2.45, 2.75) is 11.8 Å². The van der Waals surface area contributed by atoms with Crippen LogP contribution in [0, 0.1) is 12.7 Å². The van der Waals surface area contributed by atoms with Gasteiger partial charge in [-0.1, -0.05) is 0 Å². The van der Waals surface area contributed by atoms with Crippen molar-refractivity contribution in [1.82, 2.24) is 14.5 Å². The van der Waals surface area contributed by atoms with Gasteiger partial charge in [0.15, 0.2) is 0 Å². The molecule has 1 aromatic heterocycles. The number of halogens is 1. The fourth-order valence-corrected chi connectivity index (χ4v) is 2.68. The molecule has 1 aromatic carbocycles. The summed E-state index contributed by atoms with van der Waals surface area (Å²) in [4.78, 5) is -0.198. The van der Waals surface area contributed by atoms with E-state index >= 15 is 0 Å². The van der Waals surface area contributed by atoms with Crippen LogP contribution in [0.2, 0.25) is 0 Å². The average Bonchev–Trinajstić information content (AvgIpc) is 2.82. The number of aliphatic hydroxyl groups excluding tert-OH is 1. The van der Waals surface area contributed by atoms with E-state index in [1.807, 2.05) is 6.92 Å². The van der Waals surface area contributed by atoms with Crippen molar-refractivity contribution >= 4 is 10.0 Å². The van der Waals surface area contributed by atoms with E-state index in [-0.39, 0.29) is 23.7 Å². The molecule has 0 saturated heterocycles. The summed E-state index contributed by atoms with van der Waals surface area (Å²) < 4.78 is 41.0. The number of nitrogens with zero attached hydrogens (tertiary/aromatic N) is 2. The zero-order chi connectivity index (χ0) is 14.8. The van der Waals surface area contributed by atoms with Gasteiger partial charge in [0.25, 0.3) is 0 Å². The maximum Gasteiger partial charge on any atom is 0.240 e. The molecule has 2 aromatic rings. The van der Waals surface area contributed by atoms with Gasteiger partial charge in [0.05, 0.1) is 17.7 Å². The van der Waals surface area contributed by atoms with Crippen LogP contribution < -0.4 is 4.72 Å². The molecule has 0 amide bonds. The summed E-state index contributed by atoms with van der Waals surface area (Å²) >= 11 is 0. The third kappa shape index (κ3) is 3.03. The number of aliphatic hydroxyl groups is 1. The van der Waals surface area contributed by atoms with Gasteiger partial charge < -0.3 is 5.11 Å². The molecule has 0 fully saturated rings. The molecule has 0 saturated carbocycles. The minimum atomic E-state index is -3.82. The van der Waals surface area contributed by atoms with E-state index < -0.39 is 15.8 Å². The predicted octanol–water partition coefficient (Wildman–Crippen LogP) is 0.590. The molecule has 0 spiro atoms. The Morgan fingerprint density at radius 3 is 2.75 bits per heavy atom. The van der Waals surface area contributed by atoms with Crippen LogP contribution >= 0.6 is 0 Å². The molecule has 0 aliphatic heterocycles. The number of sulfonamides is 1. The minimum absolute atomic E-state index is 0.121. The molecule has 0 unspecified atom stereocenters. The first-order valence-electron chi connectivity index (χ1n) is 5.86. The Balaban J connectivity index is 2.35. The lowest BCUT2D eigenvalue weighted by Gasteiger charge is -2.08. The molecule has 8 heteroatoms. The lowest BCUT2D eigenvalue weighted by atomic mass is 10.3. The van der Waals surface area contributed by atoms with Crippen molar-refractivity contribution < 1.29 is 17.9 Å². The highest BCUT2D eigenvalue weighted by atomic mass is 32.2. The number of rotatable bonds is 5. The van der Waals surface area contributed by atoms with E-state index in [0.29, 0.717) is 0 Å². The molecule has 0 bridgehead atoms. The zero-order valence-corrected chi connectivity index (χ0v) is 11.6. The van der Waals surface area contributed by atoms with E-state index in [9.17, 15) is 12.8 Å². The average molecular weight is 299 g/mol. The smallest absolute Gasteiger partial charge is 0.240 e. The molecular weight excluding hydrogens is 285 g/mol. The van der Waals surface area contributed by atoms with Crippen LogP contribution in [0.4, 0.5) is 4.39 Å².